The number of nitrogens with one attached hydrogen (secondary N) is 2. The van der Waals surface area contributed by atoms with Gasteiger partial charge < -0.3 is 10.6 Å². The minimum atomic E-state index is -0.494. The van der Waals surface area contributed by atoms with Crippen molar-refractivity contribution in [2.75, 3.05) is 26.2 Å². The van der Waals surface area contributed by atoms with E-state index in [1.54, 1.807) is 0 Å². The zero-order valence-corrected chi connectivity index (χ0v) is 13.7. The molecule has 1 fully saturated rings. The summed E-state index contributed by atoms with van der Waals surface area (Å²) in [4.78, 5) is 14.9. The number of carbonyl (C=O) groups excluding carboxylic acids is 1. The van der Waals surface area contributed by atoms with Crippen LogP contribution >= 0.6 is 0 Å². The summed E-state index contributed by atoms with van der Waals surface area (Å²) < 4.78 is 1.83. The van der Waals surface area contributed by atoms with E-state index in [-0.39, 0.29) is 11.9 Å². The third kappa shape index (κ3) is 3.27. The lowest BCUT2D eigenvalue weighted by Gasteiger charge is -2.40. The molecule has 6 nitrogen and oxygen atoms in total. The van der Waals surface area contributed by atoms with Gasteiger partial charge in [-0.1, -0.05) is 0 Å². The van der Waals surface area contributed by atoms with Crippen LogP contribution in [0.25, 0.3) is 0 Å². The summed E-state index contributed by atoms with van der Waals surface area (Å²) >= 11 is 0. The summed E-state index contributed by atoms with van der Waals surface area (Å²) in [5, 5.41) is 10.7. The molecule has 2 rings (SSSR count). The van der Waals surface area contributed by atoms with E-state index in [0.29, 0.717) is 0 Å². The zero-order chi connectivity index (χ0) is 15.6. The molecular formula is C15H27N5O. The average Bonchev–Trinajstić information content (AvgIpc) is 2.80. The van der Waals surface area contributed by atoms with Gasteiger partial charge in [0, 0.05) is 44.5 Å². The Morgan fingerprint density at radius 2 is 2.05 bits per heavy atom. The third-order valence-corrected chi connectivity index (χ3v) is 4.55. The van der Waals surface area contributed by atoms with Gasteiger partial charge in [-0.3, -0.25) is 14.4 Å². The molecular weight excluding hydrogens is 266 g/mol. The Bertz CT molecular complexity index is 502. The quantitative estimate of drug-likeness (QED) is 0.853. The Morgan fingerprint density at radius 3 is 2.57 bits per heavy atom. The first kappa shape index (κ1) is 16.0. The number of aryl methyl sites for hydroxylation is 1. The minimum Gasteiger partial charge on any atom is -0.348 e. The molecule has 1 atom stereocenters. The molecule has 1 saturated heterocycles. The fourth-order valence-corrected chi connectivity index (χ4v) is 2.76. The van der Waals surface area contributed by atoms with Crippen LogP contribution < -0.4 is 10.6 Å². The van der Waals surface area contributed by atoms with Gasteiger partial charge in [-0.2, -0.15) is 5.10 Å². The monoisotopic (exact) mass is 293 g/mol. The molecule has 0 aromatic carbocycles. The highest BCUT2D eigenvalue weighted by molar-refractivity contribution is 5.85. The van der Waals surface area contributed by atoms with Crippen LogP contribution in [-0.4, -0.2) is 52.3 Å². The second-order valence-electron chi connectivity index (χ2n) is 6.30. The molecule has 1 amide bonds. The molecule has 118 valence electrons. The summed E-state index contributed by atoms with van der Waals surface area (Å²) in [7, 11) is 1.91. The topological polar surface area (TPSA) is 62.2 Å². The summed E-state index contributed by atoms with van der Waals surface area (Å²) in [5.41, 5.74) is 1.66. The van der Waals surface area contributed by atoms with E-state index >= 15 is 0 Å². The Morgan fingerprint density at radius 1 is 1.43 bits per heavy atom. The van der Waals surface area contributed by atoms with E-state index in [2.05, 4.69) is 20.6 Å². The summed E-state index contributed by atoms with van der Waals surface area (Å²) in [6.07, 6.45) is 1.83. The number of aromatic nitrogens is 2. The van der Waals surface area contributed by atoms with Gasteiger partial charge in [-0.05, 0) is 27.7 Å². The highest BCUT2D eigenvalue weighted by atomic mass is 16.2. The van der Waals surface area contributed by atoms with Gasteiger partial charge in [0.05, 0.1) is 17.8 Å². The zero-order valence-electron chi connectivity index (χ0n) is 13.7. The SMILES string of the molecule is Cc1c(C(C)NC(=O)C(C)(C)N2CCNCC2)cnn1C. The Balaban J connectivity index is 2.04. The fourth-order valence-electron chi connectivity index (χ4n) is 2.76. The number of hydrogen-bond donors (Lipinski definition) is 2. The third-order valence-electron chi connectivity index (χ3n) is 4.55. The normalized spacial score (nSPS) is 18.5. The van der Waals surface area contributed by atoms with Crippen LogP contribution in [0.4, 0.5) is 0 Å². The van der Waals surface area contributed by atoms with Crippen molar-refractivity contribution < 1.29 is 4.79 Å². The van der Waals surface area contributed by atoms with Crippen molar-refractivity contribution in [2.45, 2.75) is 39.3 Å². The second-order valence-corrected chi connectivity index (χ2v) is 6.30. The van der Waals surface area contributed by atoms with Gasteiger partial charge in [-0.15, -0.1) is 0 Å². The molecule has 0 spiro atoms. The number of rotatable bonds is 4. The maximum Gasteiger partial charge on any atom is 0.240 e. The first-order valence-corrected chi connectivity index (χ1v) is 7.59. The predicted molar refractivity (Wildman–Crippen MR) is 83.0 cm³/mol. The van der Waals surface area contributed by atoms with E-state index in [4.69, 9.17) is 0 Å². The standard InChI is InChI=1S/C15H27N5O/c1-11(13-10-17-19(5)12(13)2)18-14(21)15(3,4)20-8-6-16-7-9-20/h10-11,16H,6-9H2,1-5H3,(H,18,21). The number of nitrogens with zero attached hydrogens (tertiary/aromatic N) is 3. The largest absolute Gasteiger partial charge is 0.348 e. The smallest absolute Gasteiger partial charge is 0.240 e. The summed E-state index contributed by atoms with van der Waals surface area (Å²) in [5.74, 6) is 0.0696. The van der Waals surface area contributed by atoms with Gasteiger partial charge in [0.2, 0.25) is 5.91 Å². The van der Waals surface area contributed by atoms with E-state index in [9.17, 15) is 4.79 Å². The molecule has 0 bridgehead atoms. The molecule has 2 N–H and O–H groups in total. The maximum atomic E-state index is 12.7. The average molecular weight is 293 g/mol. The molecule has 1 aliphatic heterocycles. The molecule has 2 heterocycles. The van der Waals surface area contributed by atoms with Crippen LogP contribution in [0, 0.1) is 6.92 Å². The van der Waals surface area contributed by atoms with Crippen LogP contribution in [0.1, 0.15) is 38.1 Å². The number of piperazine rings is 1. The maximum absolute atomic E-state index is 12.7. The van der Waals surface area contributed by atoms with Crippen LogP contribution in [-0.2, 0) is 11.8 Å². The number of hydrogen-bond acceptors (Lipinski definition) is 4. The first-order valence-electron chi connectivity index (χ1n) is 7.59. The molecule has 0 saturated carbocycles. The molecule has 21 heavy (non-hydrogen) atoms. The molecule has 1 aromatic rings. The summed E-state index contributed by atoms with van der Waals surface area (Å²) in [6.45, 7) is 11.7. The van der Waals surface area contributed by atoms with Gasteiger partial charge in [-0.25, -0.2) is 0 Å². The van der Waals surface area contributed by atoms with Crippen LogP contribution in [0.3, 0.4) is 0 Å². The summed E-state index contributed by atoms with van der Waals surface area (Å²) in [6, 6.07) is -0.0339. The molecule has 1 unspecified atom stereocenters. The van der Waals surface area contributed by atoms with Gasteiger partial charge >= 0.3 is 0 Å². The lowest BCUT2D eigenvalue weighted by molar-refractivity contribution is -0.132. The van der Waals surface area contributed by atoms with E-state index in [0.717, 1.165) is 37.4 Å². The van der Waals surface area contributed by atoms with Crippen molar-refractivity contribution in [2.24, 2.45) is 7.05 Å². The van der Waals surface area contributed by atoms with Crippen LogP contribution in [0.2, 0.25) is 0 Å². The van der Waals surface area contributed by atoms with E-state index < -0.39 is 5.54 Å². The Labute approximate surface area is 126 Å². The fraction of sp³-hybridized carbons (Fsp3) is 0.733. The molecule has 0 aliphatic carbocycles. The minimum absolute atomic E-state index is 0.0339. The predicted octanol–water partition coefficient (Wildman–Crippen LogP) is 0.590. The van der Waals surface area contributed by atoms with Gasteiger partial charge in [0.15, 0.2) is 0 Å². The van der Waals surface area contributed by atoms with Crippen molar-refractivity contribution in [3.05, 3.63) is 17.5 Å². The lowest BCUT2D eigenvalue weighted by Crippen LogP contribution is -2.60. The highest BCUT2D eigenvalue weighted by Crippen LogP contribution is 2.20. The molecule has 0 radical (unpaired) electrons. The Kier molecular flexibility index (Phi) is 4.68. The Hall–Kier alpha value is -1.40. The van der Waals surface area contributed by atoms with Crippen LogP contribution in [0.15, 0.2) is 6.20 Å². The van der Waals surface area contributed by atoms with Crippen molar-refractivity contribution in [1.29, 1.82) is 0 Å². The number of carbonyl (C=O) groups is 1. The van der Waals surface area contributed by atoms with Gasteiger partial charge in [0.25, 0.3) is 0 Å². The molecule has 6 heteroatoms. The van der Waals surface area contributed by atoms with Crippen molar-refractivity contribution >= 4 is 5.91 Å². The van der Waals surface area contributed by atoms with Crippen LogP contribution in [0.5, 0.6) is 0 Å². The highest BCUT2D eigenvalue weighted by Gasteiger charge is 2.35. The van der Waals surface area contributed by atoms with Crippen molar-refractivity contribution in [3.8, 4) is 0 Å². The van der Waals surface area contributed by atoms with Crippen molar-refractivity contribution in [3.63, 3.8) is 0 Å². The van der Waals surface area contributed by atoms with E-state index in [1.807, 2.05) is 45.6 Å². The van der Waals surface area contributed by atoms with Gasteiger partial charge in [0.1, 0.15) is 0 Å². The molecule has 1 aliphatic rings. The van der Waals surface area contributed by atoms with E-state index in [1.165, 1.54) is 0 Å². The lowest BCUT2D eigenvalue weighted by atomic mass is 9.99. The first-order chi connectivity index (χ1) is 9.84. The second kappa shape index (κ2) is 6.15. The van der Waals surface area contributed by atoms with Crippen molar-refractivity contribution in [1.82, 2.24) is 25.3 Å². The molecule has 1 aromatic heterocycles. The number of amides is 1.